The van der Waals surface area contributed by atoms with Gasteiger partial charge in [-0.25, -0.2) is 0 Å². The van der Waals surface area contributed by atoms with Crippen LogP contribution in [-0.4, -0.2) is 9.78 Å². The first kappa shape index (κ1) is 8.47. The number of nitrogens with two attached hydrogens (primary N) is 1. The third kappa shape index (κ3) is 1.50. The number of nitrogens with zero attached hydrogens (tertiary/aromatic N) is 2. The summed E-state index contributed by atoms with van der Waals surface area (Å²) in [5.41, 5.74) is 7.88. The number of thiophene rings is 1. The molecule has 0 atom stereocenters. The monoisotopic (exact) mass is 193 g/mol. The van der Waals surface area contributed by atoms with Crippen LogP contribution in [0.5, 0.6) is 0 Å². The van der Waals surface area contributed by atoms with Crippen LogP contribution in [0.4, 0.5) is 0 Å². The number of aromatic nitrogens is 2. The van der Waals surface area contributed by atoms with E-state index in [1.165, 1.54) is 10.4 Å². The molecule has 0 radical (unpaired) electrons. The third-order valence-corrected chi connectivity index (χ3v) is 2.93. The summed E-state index contributed by atoms with van der Waals surface area (Å²) in [5.74, 6) is 0. The lowest BCUT2D eigenvalue weighted by Crippen LogP contribution is -1.93. The maximum Gasteiger partial charge on any atom is 0.0687 e. The van der Waals surface area contributed by atoms with E-state index in [0.29, 0.717) is 6.54 Å². The smallest absolute Gasteiger partial charge is 0.0687 e. The Morgan fingerprint density at radius 3 is 3.00 bits per heavy atom. The fourth-order valence-electron chi connectivity index (χ4n) is 1.28. The van der Waals surface area contributed by atoms with Gasteiger partial charge in [0.2, 0.25) is 0 Å². The zero-order chi connectivity index (χ0) is 9.26. The first-order valence-electron chi connectivity index (χ1n) is 4.07. The maximum atomic E-state index is 5.54. The normalized spacial score (nSPS) is 10.6. The second-order valence-electron chi connectivity index (χ2n) is 2.85. The highest BCUT2D eigenvalue weighted by Crippen LogP contribution is 2.24. The fourth-order valence-corrected chi connectivity index (χ4v) is 2.04. The molecule has 2 heterocycles. The van der Waals surface area contributed by atoms with Crippen LogP contribution >= 0.6 is 11.3 Å². The molecule has 0 saturated heterocycles. The molecule has 2 aromatic heterocycles. The van der Waals surface area contributed by atoms with Gasteiger partial charge >= 0.3 is 0 Å². The van der Waals surface area contributed by atoms with Gasteiger partial charge in [-0.15, -0.1) is 11.3 Å². The van der Waals surface area contributed by atoms with E-state index in [1.54, 1.807) is 17.5 Å². The van der Waals surface area contributed by atoms with Crippen molar-refractivity contribution in [3.05, 3.63) is 28.6 Å². The molecule has 0 saturated carbocycles. The Bertz CT molecular complexity index is 402. The van der Waals surface area contributed by atoms with Gasteiger partial charge in [-0.3, -0.25) is 4.68 Å². The Labute approximate surface area is 80.8 Å². The van der Waals surface area contributed by atoms with Crippen molar-refractivity contribution in [1.82, 2.24) is 9.78 Å². The SMILES string of the molecule is Cn1nccc1-c1csc(CN)c1. The van der Waals surface area contributed by atoms with Gasteiger partial charge in [-0.1, -0.05) is 0 Å². The minimum atomic E-state index is 0.614. The molecule has 0 unspecified atom stereocenters. The molecule has 2 aromatic rings. The Kier molecular flexibility index (Phi) is 2.16. The topological polar surface area (TPSA) is 43.8 Å². The third-order valence-electron chi connectivity index (χ3n) is 1.97. The molecule has 2 N–H and O–H groups in total. The van der Waals surface area contributed by atoms with Crippen LogP contribution in [0.3, 0.4) is 0 Å². The Morgan fingerprint density at radius 1 is 1.62 bits per heavy atom. The van der Waals surface area contributed by atoms with Crippen molar-refractivity contribution in [1.29, 1.82) is 0 Å². The van der Waals surface area contributed by atoms with E-state index >= 15 is 0 Å². The van der Waals surface area contributed by atoms with Gasteiger partial charge in [0.25, 0.3) is 0 Å². The predicted molar refractivity (Wildman–Crippen MR) is 54.4 cm³/mol. The van der Waals surface area contributed by atoms with Crippen molar-refractivity contribution in [3.8, 4) is 11.3 Å². The van der Waals surface area contributed by atoms with Gasteiger partial charge in [0.1, 0.15) is 0 Å². The van der Waals surface area contributed by atoms with E-state index < -0.39 is 0 Å². The van der Waals surface area contributed by atoms with Gasteiger partial charge in [0, 0.05) is 35.6 Å². The quantitative estimate of drug-likeness (QED) is 0.787. The minimum Gasteiger partial charge on any atom is -0.326 e. The standard InChI is InChI=1S/C9H11N3S/c1-12-9(2-3-11-12)7-4-8(5-10)13-6-7/h2-4,6H,5,10H2,1H3. The largest absolute Gasteiger partial charge is 0.326 e. The van der Waals surface area contributed by atoms with Crippen LogP contribution in [0.15, 0.2) is 23.7 Å². The summed E-state index contributed by atoms with van der Waals surface area (Å²) in [5, 5.41) is 6.23. The van der Waals surface area contributed by atoms with Crippen LogP contribution in [-0.2, 0) is 13.6 Å². The lowest BCUT2D eigenvalue weighted by Gasteiger charge is -1.96. The Hall–Kier alpha value is -1.13. The molecule has 0 aliphatic rings. The first-order valence-corrected chi connectivity index (χ1v) is 4.95. The van der Waals surface area contributed by atoms with E-state index in [4.69, 9.17) is 5.73 Å². The molecular weight excluding hydrogens is 182 g/mol. The predicted octanol–water partition coefficient (Wildman–Crippen LogP) is 1.61. The molecule has 0 fully saturated rings. The molecule has 68 valence electrons. The van der Waals surface area contributed by atoms with E-state index in [1.807, 2.05) is 17.8 Å². The highest BCUT2D eigenvalue weighted by molar-refractivity contribution is 7.10. The molecular formula is C9H11N3S. The van der Waals surface area contributed by atoms with E-state index in [0.717, 1.165) is 5.69 Å². The average molecular weight is 193 g/mol. The number of rotatable bonds is 2. The molecule has 0 spiro atoms. The molecule has 0 bridgehead atoms. The first-order chi connectivity index (χ1) is 6.31. The molecule has 4 heteroatoms. The van der Waals surface area contributed by atoms with Crippen molar-refractivity contribution >= 4 is 11.3 Å². The molecule has 0 aromatic carbocycles. The Morgan fingerprint density at radius 2 is 2.46 bits per heavy atom. The lowest BCUT2D eigenvalue weighted by molar-refractivity contribution is 0.776. The van der Waals surface area contributed by atoms with Gasteiger partial charge in [0.15, 0.2) is 0 Å². The number of hydrogen-bond donors (Lipinski definition) is 1. The van der Waals surface area contributed by atoms with Gasteiger partial charge in [0.05, 0.1) is 5.69 Å². The summed E-state index contributed by atoms with van der Waals surface area (Å²) < 4.78 is 1.86. The summed E-state index contributed by atoms with van der Waals surface area (Å²) >= 11 is 1.69. The fraction of sp³-hybridized carbons (Fsp3) is 0.222. The highest BCUT2D eigenvalue weighted by atomic mass is 32.1. The summed E-state index contributed by atoms with van der Waals surface area (Å²) in [6.07, 6.45) is 1.80. The summed E-state index contributed by atoms with van der Waals surface area (Å²) in [4.78, 5) is 1.20. The van der Waals surface area contributed by atoms with Crippen LogP contribution in [0.1, 0.15) is 4.88 Å². The molecule has 0 aliphatic heterocycles. The molecule has 0 aliphatic carbocycles. The molecule has 3 nitrogen and oxygen atoms in total. The van der Waals surface area contributed by atoms with Crippen LogP contribution in [0, 0.1) is 0 Å². The zero-order valence-electron chi connectivity index (χ0n) is 7.40. The van der Waals surface area contributed by atoms with Gasteiger partial charge in [-0.2, -0.15) is 5.10 Å². The maximum absolute atomic E-state index is 5.54. The average Bonchev–Trinajstić information content (AvgIpc) is 2.71. The lowest BCUT2D eigenvalue weighted by atomic mass is 10.2. The highest BCUT2D eigenvalue weighted by Gasteiger charge is 2.04. The van der Waals surface area contributed by atoms with E-state index in [-0.39, 0.29) is 0 Å². The van der Waals surface area contributed by atoms with Gasteiger partial charge < -0.3 is 5.73 Å². The molecule has 0 amide bonds. The van der Waals surface area contributed by atoms with Crippen LogP contribution in [0.2, 0.25) is 0 Å². The van der Waals surface area contributed by atoms with Crippen LogP contribution in [0.25, 0.3) is 11.3 Å². The number of hydrogen-bond acceptors (Lipinski definition) is 3. The Balaban J connectivity index is 2.41. The second-order valence-corrected chi connectivity index (χ2v) is 3.84. The van der Waals surface area contributed by atoms with Crippen molar-refractivity contribution in [2.75, 3.05) is 0 Å². The summed E-state index contributed by atoms with van der Waals surface area (Å²) in [6.45, 7) is 0.614. The summed E-state index contributed by atoms with van der Waals surface area (Å²) in [6, 6.07) is 4.12. The summed E-state index contributed by atoms with van der Waals surface area (Å²) in [7, 11) is 1.94. The minimum absolute atomic E-state index is 0.614. The van der Waals surface area contributed by atoms with Gasteiger partial charge in [-0.05, 0) is 12.1 Å². The zero-order valence-corrected chi connectivity index (χ0v) is 8.21. The van der Waals surface area contributed by atoms with E-state index in [2.05, 4.69) is 16.5 Å². The van der Waals surface area contributed by atoms with Crippen LogP contribution < -0.4 is 5.73 Å². The number of aryl methyl sites for hydroxylation is 1. The van der Waals surface area contributed by atoms with Crippen molar-refractivity contribution in [3.63, 3.8) is 0 Å². The molecule has 2 rings (SSSR count). The van der Waals surface area contributed by atoms with Crippen molar-refractivity contribution in [2.24, 2.45) is 12.8 Å². The van der Waals surface area contributed by atoms with Crippen molar-refractivity contribution in [2.45, 2.75) is 6.54 Å². The second kappa shape index (κ2) is 3.32. The van der Waals surface area contributed by atoms with Crippen molar-refractivity contribution < 1.29 is 0 Å². The van der Waals surface area contributed by atoms with E-state index in [9.17, 15) is 0 Å². The molecule has 13 heavy (non-hydrogen) atoms.